The number of rotatable bonds is 8. The molecule has 5 nitrogen and oxygen atoms in total. The molecule has 0 bridgehead atoms. The first-order valence-electron chi connectivity index (χ1n) is 8.04. The fourth-order valence-electron chi connectivity index (χ4n) is 2.23. The van der Waals surface area contributed by atoms with Crippen molar-refractivity contribution in [3.8, 4) is 5.75 Å². The number of methoxy groups -OCH3 is 1. The Morgan fingerprint density at radius 1 is 1.04 bits per heavy atom. The second-order valence-electron chi connectivity index (χ2n) is 5.31. The SMILES string of the molecule is CCC(SCC(=O)Nc1ccccc1)C(=O)Nc1ccccc1OC. The summed E-state index contributed by atoms with van der Waals surface area (Å²) in [5.41, 5.74) is 1.38. The molecule has 2 aromatic carbocycles. The number of carbonyl (C=O) groups excluding carboxylic acids is 2. The van der Waals surface area contributed by atoms with Crippen molar-refractivity contribution in [3.05, 3.63) is 54.6 Å². The molecule has 132 valence electrons. The van der Waals surface area contributed by atoms with Crippen molar-refractivity contribution in [3.63, 3.8) is 0 Å². The number of anilines is 2. The molecule has 0 aromatic heterocycles. The summed E-state index contributed by atoms with van der Waals surface area (Å²) in [5, 5.41) is 5.37. The van der Waals surface area contributed by atoms with E-state index in [0.29, 0.717) is 17.9 Å². The van der Waals surface area contributed by atoms with E-state index in [1.807, 2.05) is 49.4 Å². The zero-order valence-electron chi connectivity index (χ0n) is 14.3. The van der Waals surface area contributed by atoms with E-state index in [1.165, 1.54) is 11.8 Å². The lowest BCUT2D eigenvalue weighted by atomic mass is 10.2. The van der Waals surface area contributed by atoms with Crippen molar-refractivity contribution >= 4 is 35.0 Å². The smallest absolute Gasteiger partial charge is 0.237 e. The highest BCUT2D eigenvalue weighted by molar-refractivity contribution is 8.01. The van der Waals surface area contributed by atoms with E-state index >= 15 is 0 Å². The van der Waals surface area contributed by atoms with Gasteiger partial charge in [-0.25, -0.2) is 0 Å². The molecule has 0 spiro atoms. The van der Waals surface area contributed by atoms with Crippen LogP contribution in [0.15, 0.2) is 54.6 Å². The number of ether oxygens (including phenoxy) is 1. The second-order valence-corrected chi connectivity index (χ2v) is 6.50. The average Bonchev–Trinajstić information content (AvgIpc) is 2.63. The molecule has 0 aliphatic carbocycles. The van der Waals surface area contributed by atoms with Gasteiger partial charge in [0.05, 0.1) is 23.8 Å². The Morgan fingerprint density at radius 3 is 2.40 bits per heavy atom. The molecule has 0 saturated carbocycles. The summed E-state index contributed by atoms with van der Waals surface area (Å²) in [6.07, 6.45) is 0.629. The van der Waals surface area contributed by atoms with Gasteiger partial charge in [-0.2, -0.15) is 0 Å². The Morgan fingerprint density at radius 2 is 1.72 bits per heavy atom. The minimum absolute atomic E-state index is 0.125. The molecule has 6 heteroatoms. The molecule has 0 aliphatic heterocycles. The molecule has 0 radical (unpaired) electrons. The van der Waals surface area contributed by atoms with Crippen LogP contribution >= 0.6 is 11.8 Å². The summed E-state index contributed by atoms with van der Waals surface area (Å²) in [4.78, 5) is 24.5. The molecule has 0 aliphatic rings. The van der Waals surface area contributed by atoms with Gasteiger partial charge in [0.15, 0.2) is 0 Å². The third-order valence-corrected chi connectivity index (χ3v) is 4.88. The van der Waals surface area contributed by atoms with Crippen LogP contribution in [0.5, 0.6) is 5.75 Å². The molecule has 0 saturated heterocycles. The second kappa shape index (κ2) is 9.74. The van der Waals surface area contributed by atoms with E-state index in [1.54, 1.807) is 19.2 Å². The predicted molar refractivity (Wildman–Crippen MR) is 103 cm³/mol. The Bertz CT molecular complexity index is 707. The average molecular weight is 358 g/mol. The predicted octanol–water partition coefficient (Wildman–Crippen LogP) is 3.78. The van der Waals surface area contributed by atoms with Gasteiger partial charge in [-0.1, -0.05) is 37.3 Å². The molecule has 2 amide bonds. The number of para-hydroxylation sites is 3. The minimum Gasteiger partial charge on any atom is -0.495 e. The van der Waals surface area contributed by atoms with E-state index < -0.39 is 0 Å². The summed E-state index contributed by atoms with van der Waals surface area (Å²) in [6.45, 7) is 1.93. The van der Waals surface area contributed by atoms with Crippen molar-refractivity contribution < 1.29 is 14.3 Å². The van der Waals surface area contributed by atoms with Crippen LogP contribution in [0.25, 0.3) is 0 Å². The van der Waals surface area contributed by atoms with E-state index in [9.17, 15) is 9.59 Å². The van der Waals surface area contributed by atoms with Crippen LogP contribution in [0.2, 0.25) is 0 Å². The third kappa shape index (κ3) is 5.83. The van der Waals surface area contributed by atoms with Crippen molar-refractivity contribution in [2.75, 3.05) is 23.5 Å². The standard InChI is InChI=1S/C19H22N2O3S/c1-3-17(19(23)21-15-11-7-8-12-16(15)24-2)25-13-18(22)20-14-9-5-4-6-10-14/h4-12,17H,3,13H2,1-2H3,(H,20,22)(H,21,23). The summed E-state index contributed by atoms with van der Waals surface area (Å²) < 4.78 is 5.24. The molecule has 0 fully saturated rings. The van der Waals surface area contributed by atoms with Gasteiger partial charge >= 0.3 is 0 Å². The lowest BCUT2D eigenvalue weighted by Crippen LogP contribution is -2.27. The maximum atomic E-state index is 12.5. The molecule has 0 heterocycles. The molecule has 25 heavy (non-hydrogen) atoms. The minimum atomic E-state index is -0.313. The fraction of sp³-hybridized carbons (Fsp3) is 0.263. The number of thioether (sulfide) groups is 1. The Kier molecular flexibility index (Phi) is 7.35. The zero-order valence-corrected chi connectivity index (χ0v) is 15.1. The van der Waals surface area contributed by atoms with E-state index in [4.69, 9.17) is 4.74 Å². The Balaban J connectivity index is 1.88. The molecular formula is C19H22N2O3S. The van der Waals surface area contributed by atoms with Gasteiger partial charge in [0.2, 0.25) is 11.8 Å². The van der Waals surface area contributed by atoms with Gasteiger partial charge in [-0.3, -0.25) is 9.59 Å². The van der Waals surface area contributed by atoms with Crippen LogP contribution in [0.4, 0.5) is 11.4 Å². The van der Waals surface area contributed by atoms with Gasteiger partial charge < -0.3 is 15.4 Å². The fourth-order valence-corrected chi connectivity index (χ4v) is 3.11. The Labute approximate surface area is 152 Å². The topological polar surface area (TPSA) is 67.4 Å². The molecule has 2 rings (SSSR count). The highest BCUT2D eigenvalue weighted by Gasteiger charge is 2.19. The highest BCUT2D eigenvalue weighted by atomic mass is 32.2. The van der Waals surface area contributed by atoms with E-state index in [-0.39, 0.29) is 22.8 Å². The van der Waals surface area contributed by atoms with Gasteiger partial charge in [0.25, 0.3) is 0 Å². The van der Waals surface area contributed by atoms with Crippen LogP contribution in [-0.2, 0) is 9.59 Å². The summed E-state index contributed by atoms with van der Waals surface area (Å²) in [7, 11) is 1.56. The summed E-state index contributed by atoms with van der Waals surface area (Å²) in [5.74, 6) is 0.564. The van der Waals surface area contributed by atoms with Crippen molar-refractivity contribution in [1.29, 1.82) is 0 Å². The van der Waals surface area contributed by atoms with Crippen LogP contribution in [0, 0.1) is 0 Å². The Hall–Kier alpha value is -2.47. The number of carbonyl (C=O) groups is 2. The zero-order chi connectivity index (χ0) is 18.1. The number of hydrogen-bond donors (Lipinski definition) is 2. The molecule has 2 aromatic rings. The molecule has 2 N–H and O–H groups in total. The maximum Gasteiger partial charge on any atom is 0.237 e. The summed E-state index contributed by atoms with van der Waals surface area (Å²) >= 11 is 1.32. The largest absolute Gasteiger partial charge is 0.495 e. The van der Waals surface area contributed by atoms with Gasteiger partial charge in [0, 0.05) is 5.69 Å². The van der Waals surface area contributed by atoms with Crippen LogP contribution in [0.3, 0.4) is 0 Å². The molecule has 1 atom stereocenters. The van der Waals surface area contributed by atoms with Crippen LogP contribution < -0.4 is 15.4 Å². The van der Waals surface area contributed by atoms with E-state index in [0.717, 1.165) is 5.69 Å². The monoisotopic (exact) mass is 358 g/mol. The first kappa shape index (κ1) is 18.9. The lowest BCUT2D eigenvalue weighted by Gasteiger charge is -2.16. The van der Waals surface area contributed by atoms with Crippen LogP contribution in [0.1, 0.15) is 13.3 Å². The van der Waals surface area contributed by atoms with Crippen molar-refractivity contribution in [2.24, 2.45) is 0 Å². The normalized spacial score (nSPS) is 11.4. The van der Waals surface area contributed by atoms with Crippen molar-refractivity contribution in [2.45, 2.75) is 18.6 Å². The number of hydrogen-bond acceptors (Lipinski definition) is 4. The van der Waals surface area contributed by atoms with E-state index in [2.05, 4.69) is 10.6 Å². The van der Waals surface area contributed by atoms with Gasteiger partial charge in [-0.15, -0.1) is 11.8 Å². The number of nitrogens with one attached hydrogen (secondary N) is 2. The highest BCUT2D eigenvalue weighted by Crippen LogP contribution is 2.25. The quantitative estimate of drug-likeness (QED) is 0.753. The maximum absolute atomic E-state index is 12.5. The van der Waals surface area contributed by atoms with Crippen molar-refractivity contribution in [1.82, 2.24) is 0 Å². The number of amides is 2. The first-order valence-corrected chi connectivity index (χ1v) is 9.09. The third-order valence-electron chi connectivity index (χ3n) is 3.50. The number of benzene rings is 2. The first-order chi connectivity index (χ1) is 12.1. The molecular weight excluding hydrogens is 336 g/mol. The summed E-state index contributed by atoms with van der Waals surface area (Å²) in [6, 6.07) is 16.5. The lowest BCUT2D eigenvalue weighted by molar-refractivity contribution is -0.115. The van der Waals surface area contributed by atoms with Crippen LogP contribution in [-0.4, -0.2) is 29.9 Å². The van der Waals surface area contributed by atoms with Gasteiger partial charge in [-0.05, 0) is 30.7 Å². The molecule has 1 unspecified atom stereocenters. The van der Waals surface area contributed by atoms with Gasteiger partial charge in [0.1, 0.15) is 5.75 Å².